The van der Waals surface area contributed by atoms with Gasteiger partial charge in [-0.2, -0.15) is 0 Å². The van der Waals surface area contributed by atoms with Crippen LogP contribution in [0.5, 0.6) is 0 Å². The number of rotatable bonds is 5. The first kappa shape index (κ1) is 20.5. The summed E-state index contributed by atoms with van der Waals surface area (Å²) in [5.41, 5.74) is 0. The number of nitrogens with one attached hydrogen (secondary N) is 2. The molecule has 3 atom stereocenters. The predicted molar refractivity (Wildman–Crippen MR) is 98.8 cm³/mol. The van der Waals surface area contributed by atoms with E-state index in [1.165, 1.54) is 6.42 Å². The Morgan fingerprint density at radius 3 is 2.72 bits per heavy atom. The van der Waals surface area contributed by atoms with E-state index >= 15 is 0 Å². The van der Waals surface area contributed by atoms with E-state index in [2.05, 4.69) is 10.6 Å². The topological polar surface area (TPSA) is 70.7 Å². The monoisotopic (exact) mass is 373 g/mol. The second-order valence-electron chi connectivity index (χ2n) is 7.43. The molecule has 0 bridgehead atoms. The summed E-state index contributed by atoms with van der Waals surface area (Å²) < 4.78 is 5.69. The second-order valence-corrected chi connectivity index (χ2v) is 7.43. The number of piperidine rings is 1. The number of ether oxygens (including phenoxy) is 1. The van der Waals surface area contributed by atoms with Crippen LogP contribution in [-0.4, -0.2) is 61.6 Å². The van der Waals surface area contributed by atoms with Gasteiger partial charge in [0.15, 0.2) is 0 Å². The average Bonchev–Trinajstić information content (AvgIpc) is 3.15. The van der Waals surface area contributed by atoms with Crippen LogP contribution < -0.4 is 10.6 Å². The smallest absolute Gasteiger partial charge is 0.237 e. The molecule has 2 N–H and O–H groups in total. The summed E-state index contributed by atoms with van der Waals surface area (Å²) in [7, 11) is 0. The first-order chi connectivity index (χ1) is 11.7. The molecule has 2 amide bonds. The van der Waals surface area contributed by atoms with E-state index in [9.17, 15) is 9.59 Å². The molecule has 3 fully saturated rings. The number of amides is 2. The van der Waals surface area contributed by atoms with Crippen LogP contribution in [0, 0.1) is 5.92 Å². The summed E-state index contributed by atoms with van der Waals surface area (Å²) in [4.78, 5) is 26.6. The summed E-state index contributed by atoms with van der Waals surface area (Å²) in [6, 6.07) is -0.0187. The van der Waals surface area contributed by atoms with Crippen molar-refractivity contribution in [3.8, 4) is 0 Å². The van der Waals surface area contributed by atoms with Crippen LogP contribution in [-0.2, 0) is 14.3 Å². The quantitative estimate of drug-likeness (QED) is 0.765. The van der Waals surface area contributed by atoms with Crippen molar-refractivity contribution >= 4 is 24.2 Å². The molecule has 3 aliphatic rings. The molecule has 3 saturated heterocycles. The van der Waals surface area contributed by atoms with E-state index in [0.29, 0.717) is 18.9 Å². The van der Waals surface area contributed by atoms with Gasteiger partial charge in [0.05, 0.1) is 18.6 Å². The van der Waals surface area contributed by atoms with Gasteiger partial charge in [-0.1, -0.05) is 0 Å². The average molecular weight is 374 g/mol. The molecule has 144 valence electrons. The van der Waals surface area contributed by atoms with Crippen molar-refractivity contribution in [3.05, 3.63) is 0 Å². The van der Waals surface area contributed by atoms with Crippen LogP contribution in [0.15, 0.2) is 0 Å². The van der Waals surface area contributed by atoms with Crippen LogP contribution in [0.1, 0.15) is 51.4 Å². The lowest BCUT2D eigenvalue weighted by atomic mass is 9.97. The maximum atomic E-state index is 12.5. The number of halogens is 1. The van der Waals surface area contributed by atoms with Gasteiger partial charge in [0, 0.05) is 26.2 Å². The summed E-state index contributed by atoms with van der Waals surface area (Å²) in [5, 5.41) is 6.30. The fourth-order valence-corrected chi connectivity index (χ4v) is 4.03. The normalized spacial score (nSPS) is 29.8. The zero-order valence-corrected chi connectivity index (χ0v) is 15.8. The van der Waals surface area contributed by atoms with E-state index in [0.717, 1.165) is 64.8 Å². The fourth-order valence-electron chi connectivity index (χ4n) is 4.03. The van der Waals surface area contributed by atoms with Gasteiger partial charge in [-0.15, -0.1) is 12.4 Å². The van der Waals surface area contributed by atoms with Crippen LogP contribution in [0.2, 0.25) is 0 Å². The Balaban J connectivity index is 0.00000225. The minimum atomic E-state index is -0.0187. The molecule has 25 heavy (non-hydrogen) atoms. The summed E-state index contributed by atoms with van der Waals surface area (Å²) in [5.74, 6) is 0.710. The lowest BCUT2D eigenvalue weighted by molar-refractivity contribution is -0.136. The highest BCUT2D eigenvalue weighted by Gasteiger charge is 2.28. The summed E-state index contributed by atoms with van der Waals surface area (Å²) in [6.45, 7) is 4.03. The van der Waals surface area contributed by atoms with Crippen molar-refractivity contribution < 1.29 is 14.3 Å². The molecule has 0 aromatic rings. The molecule has 0 aromatic carbocycles. The van der Waals surface area contributed by atoms with E-state index in [1.807, 2.05) is 4.90 Å². The summed E-state index contributed by atoms with van der Waals surface area (Å²) in [6.07, 6.45) is 8.04. The molecule has 0 aromatic heterocycles. The third kappa shape index (κ3) is 6.12. The van der Waals surface area contributed by atoms with Gasteiger partial charge < -0.3 is 20.3 Å². The van der Waals surface area contributed by atoms with Gasteiger partial charge >= 0.3 is 0 Å². The van der Waals surface area contributed by atoms with Crippen LogP contribution >= 0.6 is 12.4 Å². The Hall–Kier alpha value is -0.850. The first-order valence-electron chi connectivity index (χ1n) is 9.63. The van der Waals surface area contributed by atoms with Gasteiger partial charge in [0.1, 0.15) is 0 Å². The van der Waals surface area contributed by atoms with Crippen molar-refractivity contribution in [2.24, 2.45) is 5.92 Å². The molecule has 7 heteroatoms. The predicted octanol–water partition coefficient (Wildman–Crippen LogP) is 1.47. The van der Waals surface area contributed by atoms with Gasteiger partial charge in [-0.05, 0) is 57.4 Å². The maximum Gasteiger partial charge on any atom is 0.237 e. The molecule has 0 saturated carbocycles. The molecule has 0 spiro atoms. The Morgan fingerprint density at radius 2 is 2.00 bits per heavy atom. The molecule has 0 radical (unpaired) electrons. The van der Waals surface area contributed by atoms with Gasteiger partial charge in [0.25, 0.3) is 0 Å². The van der Waals surface area contributed by atoms with Crippen molar-refractivity contribution in [1.29, 1.82) is 0 Å². The number of hydrogen-bond acceptors (Lipinski definition) is 4. The van der Waals surface area contributed by atoms with Gasteiger partial charge in [-0.25, -0.2) is 0 Å². The van der Waals surface area contributed by atoms with E-state index in [1.54, 1.807) is 0 Å². The molecule has 0 aliphatic carbocycles. The second kappa shape index (κ2) is 10.3. The maximum absolute atomic E-state index is 12.5. The largest absolute Gasteiger partial charge is 0.378 e. The molecule has 3 heterocycles. The van der Waals surface area contributed by atoms with Crippen molar-refractivity contribution in [3.63, 3.8) is 0 Å². The van der Waals surface area contributed by atoms with Crippen molar-refractivity contribution in [2.75, 3.05) is 32.8 Å². The zero-order chi connectivity index (χ0) is 16.8. The minimum absolute atomic E-state index is 0. The lowest BCUT2D eigenvalue weighted by Crippen LogP contribution is -2.47. The molecular formula is C18H32ClN3O3. The number of hydrogen-bond donors (Lipinski definition) is 2. The van der Waals surface area contributed by atoms with Gasteiger partial charge in [0.2, 0.25) is 11.8 Å². The molecule has 3 unspecified atom stereocenters. The van der Waals surface area contributed by atoms with Crippen LogP contribution in [0.4, 0.5) is 0 Å². The third-order valence-electron chi connectivity index (χ3n) is 5.49. The Kier molecular flexibility index (Phi) is 8.46. The van der Waals surface area contributed by atoms with Crippen molar-refractivity contribution in [1.82, 2.24) is 15.5 Å². The Labute approximate surface area is 156 Å². The molecule has 6 nitrogen and oxygen atoms in total. The Bertz CT molecular complexity index is 437. The molecule has 3 aliphatic heterocycles. The third-order valence-corrected chi connectivity index (χ3v) is 5.49. The number of carbonyl (C=O) groups excluding carboxylic acids is 2. The first-order valence-corrected chi connectivity index (χ1v) is 9.63. The van der Waals surface area contributed by atoms with E-state index in [4.69, 9.17) is 4.74 Å². The highest BCUT2D eigenvalue weighted by Crippen LogP contribution is 2.20. The van der Waals surface area contributed by atoms with E-state index < -0.39 is 0 Å². The summed E-state index contributed by atoms with van der Waals surface area (Å²) >= 11 is 0. The van der Waals surface area contributed by atoms with Gasteiger partial charge in [-0.3, -0.25) is 9.59 Å². The number of carbonyl (C=O) groups is 2. The number of nitrogens with zero attached hydrogens (tertiary/aromatic N) is 1. The van der Waals surface area contributed by atoms with E-state index in [-0.39, 0.29) is 36.4 Å². The Morgan fingerprint density at radius 1 is 1.12 bits per heavy atom. The molecular weight excluding hydrogens is 342 g/mol. The number of likely N-dealkylation sites (tertiary alicyclic amines) is 1. The fraction of sp³-hybridized carbons (Fsp3) is 0.889. The van der Waals surface area contributed by atoms with Crippen molar-refractivity contribution in [2.45, 2.75) is 63.5 Å². The van der Waals surface area contributed by atoms with Crippen LogP contribution in [0.3, 0.4) is 0 Å². The highest BCUT2D eigenvalue weighted by atomic mass is 35.5. The molecule has 3 rings (SSSR count). The lowest BCUT2D eigenvalue weighted by Gasteiger charge is -2.34. The standard InChI is InChI=1S/C18H31N3O3.ClH/c22-17(11-15-6-1-2-10-24-15)21-9-4-5-14(13-21)12-20-18(23)16-7-3-8-19-16;/h14-16,19H,1-13H2,(H,20,23);1H. The van der Waals surface area contributed by atoms with Crippen LogP contribution in [0.25, 0.3) is 0 Å². The highest BCUT2D eigenvalue weighted by molar-refractivity contribution is 5.85. The minimum Gasteiger partial charge on any atom is -0.378 e. The zero-order valence-electron chi connectivity index (χ0n) is 15.0. The SMILES string of the molecule is Cl.O=C(NCC1CCCN(C(=O)CC2CCCCO2)C1)C1CCCN1.